The van der Waals surface area contributed by atoms with Crippen LogP contribution in [0.3, 0.4) is 0 Å². The zero-order chi connectivity index (χ0) is 52.5. The number of aliphatic hydroxyl groups excluding tert-OH is 1. The lowest BCUT2D eigenvalue weighted by atomic mass is 10.0. The SMILES string of the molecule is CCCCCCCCC(CCCCCCCC)OC(=O)CCCCC(=O)OCC(COC(=O)CCCCCN1CC(CO)C1)COC(=O)CCCCC(=O)OC(CCCCCCCC)CCCCCCCC. The summed E-state index contributed by atoms with van der Waals surface area (Å²) in [5, 5.41) is 9.25. The van der Waals surface area contributed by atoms with Crippen LogP contribution < -0.4 is 0 Å². The number of hydrogen-bond acceptors (Lipinski definition) is 12. The van der Waals surface area contributed by atoms with Gasteiger partial charge in [0, 0.05) is 57.7 Å². The Bertz CT molecular complexity index is 1200. The molecule has 12 heteroatoms. The molecule has 0 spiro atoms. The first kappa shape index (κ1) is 67.3. The Labute approximate surface area is 440 Å². The number of carbonyl (C=O) groups excluding carboxylic acids is 5. The molecule has 0 bridgehead atoms. The minimum Gasteiger partial charge on any atom is -0.465 e. The first-order valence-corrected chi connectivity index (χ1v) is 30.3. The monoisotopic (exact) mass is 1020 g/mol. The minimum atomic E-state index is -0.539. The lowest BCUT2D eigenvalue weighted by Gasteiger charge is -2.38. The lowest BCUT2D eigenvalue weighted by Crippen LogP contribution is -2.48. The number of esters is 5. The van der Waals surface area contributed by atoms with E-state index in [1.807, 2.05) is 0 Å². The van der Waals surface area contributed by atoms with Crippen LogP contribution in [0.15, 0.2) is 0 Å². The average Bonchev–Trinajstić information content (AvgIpc) is 3.35. The number of carbonyl (C=O) groups is 5. The Morgan fingerprint density at radius 1 is 0.389 bits per heavy atom. The van der Waals surface area contributed by atoms with Crippen molar-refractivity contribution < 1.29 is 52.8 Å². The van der Waals surface area contributed by atoms with Crippen molar-refractivity contribution in [2.24, 2.45) is 11.8 Å². The van der Waals surface area contributed by atoms with E-state index in [2.05, 4.69) is 32.6 Å². The van der Waals surface area contributed by atoms with Gasteiger partial charge in [0.2, 0.25) is 0 Å². The van der Waals surface area contributed by atoms with Gasteiger partial charge in [0.05, 0.1) is 5.92 Å². The lowest BCUT2D eigenvalue weighted by molar-refractivity contribution is -0.155. The molecule has 1 N–H and O–H groups in total. The first-order chi connectivity index (χ1) is 35.1. The molecule has 0 saturated carbocycles. The van der Waals surface area contributed by atoms with E-state index in [1.54, 1.807) is 0 Å². The van der Waals surface area contributed by atoms with E-state index >= 15 is 0 Å². The van der Waals surface area contributed by atoms with Crippen LogP contribution in [-0.2, 0) is 47.7 Å². The van der Waals surface area contributed by atoms with Gasteiger partial charge in [-0.2, -0.15) is 0 Å². The zero-order valence-corrected chi connectivity index (χ0v) is 47.0. The van der Waals surface area contributed by atoms with E-state index < -0.39 is 17.9 Å². The quantitative estimate of drug-likeness (QED) is 0.0350. The highest BCUT2D eigenvalue weighted by atomic mass is 16.6. The second-order valence-electron chi connectivity index (χ2n) is 21.4. The molecule has 0 unspecified atom stereocenters. The van der Waals surface area contributed by atoms with E-state index in [-0.39, 0.29) is 88.6 Å². The summed E-state index contributed by atoms with van der Waals surface area (Å²) < 4.78 is 28.8. The molecule has 1 aliphatic rings. The van der Waals surface area contributed by atoms with Gasteiger partial charge in [-0.25, -0.2) is 0 Å². The molecule has 1 saturated heterocycles. The fourth-order valence-electron chi connectivity index (χ4n) is 9.45. The summed E-state index contributed by atoms with van der Waals surface area (Å²) in [5.74, 6) is -1.75. The zero-order valence-electron chi connectivity index (χ0n) is 47.0. The summed E-state index contributed by atoms with van der Waals surface area (Å²) in [6.07, 6.45) is 38.1. The van der Waals surface area contributed by atoms with Crippen molar-refractivity contribution in [1.29, 1.82) is 0 Å². The third kappa shape index (κ3) is 41.6. The molecule has 0 aromatic carbocycles. The Hall–Kier alpha value is -2.73. The Morgan fingerprint density at radius 2 is 0.667 bits per heavy atom. The van der Waals surface area contributed by atoms with Crippen LogP contribution in [0.5, 0.6) is 0 Å². The highest BCUT2D eigenvalue weighted by Crippen LogP contribution is 2.21. The van der Waals surface area contributed by atoms with Crippen molar-refractivity contribution in [3.8, 4) is 0 Å². The van der Waals surface area contributed by atoms with Gasteiger partial charge in [-0.05, 0) is 96.4 Å². The van der Waals surface area contributed by atoms with Crippen molar-refractivity contribution in [2.75, 3.05) is 46.1 Å². The number of aliphatic hydroxyl groups is 1. The third-order valence-electron chi connectivity index (χ3n) is 14.2. The summed E-state index contributed by atoms with van der Waals surface area (Å²) in [6, 6.07) is 0. The van der Waals surface area contributed by atoms with E-state index in [0.29, 0.717) is 38.0 Å². The highest BCUT2D eigenvalue weighted by molar-refractivity contribution is 5.71. The van der Waals surface area contributed by atoms with Crippen molar-refractivity contribution in [1.82, 2.24) is 4.90 Å². The summed E-state index contributed by atoms with van der Waals surface area (Å²) in [7, 11) is 0. The third-order valence-corrected chi connectivity index (χ3v) is 14.2. The Balaban J connectivity index is 2.60. The smallest absolute Gasteiger partial charge is 0.306 e. The maximum absolute atomic E-state index is 12.9. The van der Waals surface area contributed by atoms with Crippen molar-refractivity contribution >= 4 is 29.8 Å². The highest BCUT2D eigenvalue weighted by Gasteiger charge is 2.25. The predicted molar refractivity (Wildman–Crippen MR) is 291 cm³/mol. The second-order valence-corrected chi connectivity index (χ2v) is 21.4. The van der Waals surface area contributed by atoms with Crippen molar-refractivity contribution in [2.45, 2.75) is 297 Å². The van der Waals surface area contributed by atoms with E-state index in [1.165, 1.54) is 128 Å². The summed E-state index contributed by atoms with van der Waals surface area (Å²) >= 11 is 0. The van der Waals surface area contributed by atoms with E-state index in [9.17, 15) is 29.1 Å². The van der Waals surface area contributed by atoms with Gasteiger partial charge in [0.25, 0.3) is 0 Å². The minimum absolute atomic E-state index is 0.0444. The fraction of sp³-hybridized carbons (Fsp3) is 0.917. The van der Waals surface area contributed by atoms with Gasteiger partial charge >= 0.3 is 29.8 Å². The van der Waals surface area contributed by atoms with Crippen LogP contribution >= 0.6 is 0 Å². The molecular weight excluding hydrogens is 911 g/mol. The molecule has 0 amide bonds. The molecule has 0 radical (unpaired) electrons. The van der Waals surface area contributed by atoms with E-state index in [4.69, 9.17) is 23.7 Å². The van der Waals surface area contributed by atoms with Crippen LogP contribution in [0, 0.1) is 11.8 Å². The molecule has 1 heterocycles. The van der Waals surface area contributed by atoms with Gasteiger partial charge in [-0.3, -0.25) is 24.0 Å². The summed E-state index contributed by atoms with van der Waals surface area (Å²) in [4.78, 5) is 66.6. The second kappa shape index (κ2) is 49.2. The van der Waals surface area contributed by atoms with Gasteiger partial charge < -0.3 is 33.7 Å². The van der Waals surface area contributed by atoms with Gasteiger partial charge in [0.15, 0.2) is 0 Å². The molecule has 1 aliphatic heterocycles. The van der Waals surface area contributed by atoms with E-state index in [0.717, 1.165) is 83.8 Å². The number of likely N-dealkylation sites (tertiary alicyclic amines) is 1. The van der Waals surface area contributed by atoms with Crippen LogP contribution in [-0.4, -0.2) is 98.1 Å². The number of rotatable bonds is 53. The van der Waals surface area contributed by atoms with Crippen molar-refractivity contribution in [3.63, 3.8) is 0 Å². The molecule has 0 atom stereocenters. The number of ether oxygens (including phenoxy) is 5. The van der Waals surface area contributed by atoms with Crippen LogP contribution in [0.2, 0.25) is 0 Å². The van der Waals surface area contributed by atoms with Gasteiger partial charge in [-0.1, -0.05) is 163 Å². The molecule has 1 rings (SSSR count). The fourth-order valence-corrected chi connectivity index (χ4v) is 9.45. The molecule has 422 valence electrons. The maximum Gasteiger partial charge on any atom is 0.306 e. The molecule has 72 heavy (non-hydrogen) atoms. The predicted octanol–water partition coefficient (Wildman–Crippen LogP) is 14.7. The summed E-state index contributed by atoms with van der Waals surface area (Å²) in [5.41, 5.74) is 0. The van der Waals surface area contributed by atoms with Crippen LogP contribution in [0.25, 0.3) is 0 Å². The number of nitrogens with zero attached hydrogens (tertiary/aromatic N) is 1. The van der Waals surface area contributed by atoms with Crippen molar-refractivity contribution in [3.05, 3.63) is 0 Å². The standard InChI is InChI=1S/C60H111NO11/c1-5-9-13-17-21-26-36-54(37-27-22-18-14-10-6-2)71-59(66)43-33-31-41-57(64)69-50-53(49-68-56(63)40-30-25-35-45-61-46-52(47-61)48-62)51-70-58(65)42-32-34-44-60(67)72-55(38-28-23-19-15-11-7-3)39-29-24-20-16-12-8-4/h52-55,62H,5-51H2,1-4H3. The molecule has 0 aromatic rings. The summed E-state index contributed by atoms with van der Waals surface area (Å²) in [6.45, 7) is 11.7. The normalized spacial score (nSPS) is 12.9. The Kier molecular flexibility index (Phi) is 45.9. The van der Waals surface area contributed by atoms with Crippen LogP contribution in [0.4, 0.5) is 0 Å². The topological polar surface area (TPSA) is 155 Å². The van der Waals surface area contributed by atoms with Gasteiger partial charge in [0.1, 0.15) is 32.0 Å². The Morgan fingerprint density at radius 3 is 0.986 bits per heavy atom. The number of unbranched alkanes of at least 4 members (excludes halogenated alkanes) is 24. The molecule has 0 aromatic heterocycles. The molecule has 12 nitrogen and oxygen atoms in total. The number of hydrogen-bond donors (Lipinski definition) is 1. The largest absolute Gasteiger partial charge is 0.465 e. The maximum atomic E-state index is 12.9. The molecule has 0 aliphatic carbocycles. The van der Waals surface area contributed by atoms with Crippen LogP contribution in [0.1, 0.15) is 285 Å². The first-order valence-electron chi connectivity index (χ1n) is 30.3. The average molecular weight is 1020 g/mol. The van der Waals surface area contributed by atoms with Gasteiger partial charge in [-0.15, -0.1) is 0 Å². The molecular formula is C60H111NO11. The molecule has 1 fully saturated rings.